The van der Waals surface area contributed by atoms with Crippen LogP contribution in [0.4, 0.5) is 11.5 Å². The van der Waals surface area contributed by atoms with Crippen LogP contribution >= 0.6 is 0 Å². The zero-order chi connectivity index (χ0) is 21.1. The molecule has 0 amide bonds. The molecule has 2 aromatic carbocycles. The van der Waals surface area contributed by atoms with Crippen LogP contribution in [-0.4, -0.2) is 24.7 Å². The van der Waals surface area contributed by atoms with Gasteiger partial charge in [0.1, 0.15) is 5.82 Å². The van der Waals surface area contributed by atoms with Gasteiger partial charge in [-0.05, 0) is 19.1 Å². The van der Waals surface area contributed by atoms with E-state index >= 15 is 0 Å². The molecule has 0 unspecified atom stereocenters. The number of rotatable bonds is 6. The smallest absolute Gasteiger partial charge is 0.269 e. The molecule has 0 fully saturated rings. The lowest BCUT2D eigenvalue weighted by Crippen LogP contribution is -2.04. The van der Waals surface area contributed by atoms with E-state index in [1.165, 1.54) is 12.1 Å². The van der Waals surface area contributed by atoms with Crippen molar-refractivity contribution in [3.05, 3.63) is 88.2 Å². The third-order valence-electron chi connectivity index (χ3n) is 4.60. The van der Waals surface area contributed by atoms with Crippen LogP contribution in [0.25, 0.3) is 22.6 Å². The monoisotopic (exact) mass is 400 g/mol. The highest BCUT2D eigenvalue weighted by Crippen LogP contribution is 2.24. The average molecular weight is 400 g/mol. The number of anilines is 1. The van der Waals surface area contributed by atoms with E-state index in [4.69, 9.17) is 0 Å². The second-order valence-corrected chi connectivity index (χ2v) is 6.92. The summed E-state index contributed by atoms with van der Waals surface area (Å²) in [6.07, 6.45) is 1.99. The Bertz CT molecular complexity index is 1190. The first-order valence-electron chi connectivity index (χ1n) is 9.42. The quantitative estimate of drug-likeness (QED) is 0.381. The van der Waals surface area contributed by atoms with Gasteiger partial charge in [0.25, 0.3) is 5.69 Å². The van der Waals surface area contributed by atoms with Gasteiger partial charge in [0.2, 0.25) is 0 Å². The Hall–Kier alpha value is -4.07. The van der Waals surface area contributed by atoms with Crippen LogP contribution in [0.15, 0.2) is 66.9 Å². The molecule has 0 aliphatic carbocycles. The summed E-state index contributed by atoms with van der Waals surface area (Å²) in [4.78, 5) is 19.5. The van der Waals surface area contributed by atoms with E-state index in [2.05, 4.69) is 20.4 Å². The van der Waals surface area contributed by atoms with Gasteiger partial charge in [0, 0.05) is 60.4 Å². The summed E-state index contributed by atoms with van der Waals surface area (Å²) in [5, 5.41) is 18.8. The summed E-state index contributed by atoms with van der Waals surface area (Å²) in [5.74, 6) is 1.19. The number of nitrogens with zero attached hydrogens (tertiary/aromatic N) is 5. The van der Waals surface area contributed by atoms with E-state index in [1.54, 1.807) is 16.8 Å². The highest BCUT2D eigenvalue weighted by molar-refractivity contribution is 5.63. The zero-order valence-corrected chi connectivity index (χ0v) is 16.6. The van der Waals surface area contributed by atoms with Crippen LogP contribution in [0.5, 0.6) is 0 Å². The number of nitrogens with one attached hydrogen (secondary N) is 1. The standard InChI is InChI=1S/C22H20N6O2/c1-15-12-20(25-22(24-15)17-8-10-19(11-9-17)28(29)30)23-13-18-14-27(2)26-21(18)16-6-4-3-5-7-16/h3-12,14H,13H2,1-2H3,(H,23,24,25). The van der Waals surface area contributed by atoms with Gasteiger partial charge < -0.3 is 5.32 Å². The van der Waals surface area contributed by atoms with Crippen LogP contribution in [0.1, 0.15) is 11.3 Å². The van der Waals surface area contributed by atoms with E-state index in [0.717, 1.165) is 28.1 Å². The van der Waals surface area contributed by atoms with Crippen LogP contribution in [-0.2, 0) is 13.6 Å². The first-order chi connectivity index (χ1) is 14.5. The third kappa shape index (κ3) is 4.17. The molecule has 1 N–H and O–H groups in total. The molecule has 150 valence electrons. The minimum absolute atomic E-state index is 0.0368. The molecule has 4 aromatic rings. The van der Waals surface area contributed by atoms with Gasteiger partial charge in [0.15, 0.2) is 5.82 Å². The van der Waals surface area contributed by atoms with Crippen LogP contribution in [0, 0.1) is 17.0 Å². The Morgan fingerprint density at radius 1 is 1.03 bits per heavy atom. The van der Waals surface area contributed by atoms with Gasteiger partial charge in [0.05, 0.1) is 10.6 Å². The lowest BCUT2D eigenvalue weighted by Gasteiger charge is -2.09. The fourth-order valence-electron chi connectivity index (χ4n) is 3.21. The van der Waals surface area contributed by atoms with E-state index in [0.29, 0.717) is 18.2 Å². The number of aryl methyl sites for hydroxylation is 2. The molecule has 0 aliphatic heterocycles. The van der Waals surface area contributed by atoms with Gasteiger partial charge in [-0.3, -0.25) is 14.8 Å². The molecular weight excluding hydrogens is 380 g/mol. The SMILES string of the molecule is Cc1cc(NCc2cn(C)nc2-c2ccccc2)nc(-c2ccc([N+](=O)[O-])cc2)n1. The zero-order valence-electron chi connectivity index (χ0n) is 16.6. The van der Waals surface area contributed by atoms with Crippen molar-refractivity contribution in [3.8, 4) is 22.6 Å². The number of hydrogen-bond donors (Lipinski definition) is 1. The first-order valence-corrected chi connectivity index (χ1v) is 9.42. The van der Waals surface area contributed by atoms with Crippen molar-refractivity contribution in [2.75, 3.05) is 5.32 Å². The number of benzene rings is 2. The van der Waals surface area contributed by atoms with Crippen molar-refractivity contribution < 1.29 is 4.92 Å². The van der Waals surface area contributed by atoms with E-state index in [1.807, 2.05) is 56.6 Å². The maximum absolute atomic E-state index is 10.9. The lowest BCUT2D eigenvalue weighted by molar-refractivity contribution is -0.384. The molecule has 8 nitrogen and oxygen atoms in total. The molecule has 0 spiro atoms. The van der Waals surface area contributed by atoms with E-state index in [9.17, 15) is 10.1 Å². The van der Waals surface area contributed by atoms with Crippen molar-refractivity contribution in [2.24, 2.45) is 7.05 Å². The molecule has 0 radical (unpaired) electrons. The van der Waals surface area contributed by atoms with Crippen molar-refractivity contribution in [1.29, 1.82) is 0 Å². The van der Waals surface area contributed by atoms with Gasteiger partial charge in [-0.15, -0.1) is 0 Å². The van der Waals surface area contributed by atoms with Crippen LogP contribution < -0.4 is 5.32 Å². The van der Waals surface area contributed by atoms with Crippen LogP contribution in [0.2, 0.25) is 0 Å². The maximum Gasteiger partial charge on any atom is 0.269 e. The van der Waals surface area contributed by atoms with Gasteiger partial charge in [-0.2, -0.15) is 5.10 Å². The minimum Gasteiger partial charge on any atom is -0.366 e. The normalized spacial score (nSPS) is 10.7. The summed E-state index contributed by atoms with van der Waals surface area (Å²) in [6.45, 7) is 2.44. The van der Waals surface area contributed by atoms with Crippen molar-refractivity contribution in [3.63, 3.8) is 0 Å². The Kier molecular flexibility index (Phi) is 5.21. The second-order valence-electron chi connectivity index (χ2n) is 6.92. The van der Waals surface area contributed by atoms with E-state index < -0.39 is 4.92 Å². The van der Waals surface area contributed by atoms with Gasteiger partial charge >= 0.3 is 0 Å². The molecule has 2 aromatic heterocycles. The highest BCUT2D eigenvalue weighted by atomic mass is 16.6. The Labute approximate surface area is 173 Å². The first kappa shape index (κ1) is 19.3. The fraction of sp³-hybridized carbons (Fsp3) is 0.136. The summed E-state index contributed by atoms with van der Waals surface area (Å²) in [7, 11) is 1.90. The second kappa shape index (κ2) is 8.12. The number of non-ortho nitro benzene ring substituents is 1. The Balaban J connectivity index is 1.57. The minimum atomic E-state index is -0.425. The number of nitro benzene ring substituents is 1. The van der Waals surface area contributed by atoms with Crippen molar-refractivity contribution in [1.82, 2.24) is 19.7 Å². The average Bonchev–Trinajstić information content (AvgIpc) is 3.13. The number of nitro groups is 1. The molecule has 2 heterocycles. The third-order valence-corrected chi connectivity index (χ3v) is 4.60. The predicted molar refractivity (Wildman–Crippen MR) is 115 cm³/mol. The van der Waals surface area contributed by atoms with Crippen molar-refractivity contribution >= 4 is 11.5 Å². The molecule has 0 aliphatic rings. The molecule has 0 atom stereocenters. The Morgan fingerprint density at radius 3 is 2.47 bits per heavy atom. The topological polar surface area (TPSA) is 98.8 Å². The fourth-order valence-corrected chi connectivity index (χ4v) is 3.21. The van der Waals surface area contributed by atoms with Crippen molar-refractivity contribution in [2.45, 2.75) is 13.5 Å². The largest absolute Gasteiger partial charge is 0.366 e. The molecule has 0 saturated heterocycles. The van der Waals surface area contributed by atoms with E-state index in [-0.39, 0.29) is 5.69 Å². The maximum atomic E-state index is 10.9. The van der Waals surface area contributed by atoms with Gasteiger partial charge in [-0.1, -0.05) is 30.3 Å². The molecule has 0 bridgehead atoms. The van der Waals surface area contributed by atoms with Gasteiger partial charge in [-0.25, -0.2) is 9.97 Å². The summed E-state index contributed by atoms with van der Waals surface area (Å²) >= 11 is 0. The lowest BCUT2D eigenvalue weighted by atomic mass is 10.1. The Morgan fingerprint density at radius 2 is 1.77 bits per heavy atom. The summed E-state index contributed by atoms with van der Waals surface area (Å²) < 4.78 is 1.80. The highest BCUT2D eigenvalue weighted by Gasteiger charge is 2.12. The van der Waals surface area contributed by atoms with Crippen LogP contribution in [0.3, 0.4) is 0 Å². The molecule has 0 saturated carbocycles. The summed E-state index contributed by atoms with van der Waals surface area (Å²) in [6, 6.07) is 18.1. The molecule has 4 rings (SSSR count). The molecule has 30 heavy (non-hydrogen) atoms. The number of hydrogen-bond acceptors (Lipinski definition) is 6. The number of aromatic nitrogens is 4. The molecule has 8 heteroatoms. The predicted octanol–water partition coefficient (Wildman–Crippen LogP) is 4.37. The summed E-state index contributed by atoms with van der Waals surface area (Å²) in [5.41, 5.74) is 4.59. The molecular formula is C22H20N6O2.